The molecular formula is C17H19N3O2. The van der Waals surface area contributed by atoms with Crippen molar-refractivity contribution in [2.45, 2.75) is 25.9 Å². The molecule has 3 rings (SSSR count). The minimum atomic E-state index is -0.0242. The van der Waals surface area contributed by atoms with Gasteiger partial charge in [0.1, 0.15) is 6.10 Å². The average molecular weight is 297 g/mol. The summed E-state index contributed by atoms with van der Waals surface area (Å²) in [7, 11) is 0. The third kappa shape index (κ3) is 3.61. The second kappa shape index (κ2) is 6.56. The first kappa shape index (κ1) is 14.5. The van der Waals surface area contributed by atoms with Crippen molar-refractivity contribution >= 4 is 5.91 Å². The number of likely N-dealkylation sites (tertiary alicyclic amines) is 1. The maximum atomic E-state index is 12.4. The van der Waals surface area contributed by atoms with Crippen LogP contribution in [0.1, 0.15) is 17.5 Å². The van der Waals surface area contributed by atoms with Gasteiger partial charge < -0.3 is 9.64 Å². The van der Waals surface area contributed by atoms with Gasteiger partial charge in [-0.1, -0.05) is 29.8 Å². The Balaban J connectivity index is 1.55. The van der Waals surface area contributed by atoms with E-state index >= 15 is 0 Å². The highest BCUT2D eigenvalue weighted by molar-refractivity contribution is 5.79. The van der Waals surface area contributed by atoms with E-state index in [1.54, 1.807) is 18.5 Å². The normalized spacial score (nSPS) is 17.5. The van der Waals surface area contributed by atoms with Crippen LogP contribution in [0, 0.1) is 6.92 Å². The molecule has 0 saturated carbocycles. The third-order valence-corrected chi connectivity index (χ3v) is 3.75. The van der Waals surface area contributed by atoms with Crippen molar-refractivity contribution in [3.05, 3.63) is 53.9 Å². The highest BCUT2D eigenvalue weighted by Gasteiger charge is 2.28. The summed E-state index contributed by atoms with van der Waals surface area (Å²) in [4.78, 5) is 22.3. The summed E-state index contributed by atoms with van der Waals surface area (Å²) in [5.74, 6) is 0.144. The van der Waals surface area contributed by atoms with Crippen molar-refractivity contribution in [1.82, 2.24) is 14.9 Å². The highest BCUT2D eigenvalue weighted by atomic mass is 16.5. The van der Waals surface area contributed by atoms with Gasteiger partial charge in [-0.15, -0.1) is 0 Å². The number of rotatable bonds is 4. The number of amides is 1. The number of aromatic nitrogens is 2. The van der Waals surface area contributed by atoms with Crippen molar-refractivity contribution in [3.63, 3.8) is 0 Å². The topological polar surface area (TPSA) is 55.3 Å². The molecule has 1 aliphatic rings. The van der Waals surface area contributed by atoms with Gasteiger partial charge in [-0.05, 0) is 18.6 Å². The van der Waals surface area contributed by atoms with Crippen LogP contribution in [0.25, 0.3) is 0 Å². The number of carbonyl (C=O) groups is 1. The third-order valence-electron chi connectivity index (χ3n) is 3.75. The Labute approximate surface area is 130 Å². The van der Waals surface area contributed by atoms with Crippen LogP contribution in [0.15, 0.2) is 42.7 Å². The fourth-order valence-electron chi connectivity index (χ4n) is 2.65. The van der Waals surface area contributed by atoms with E-state index < -0.39 is 0 Å². The molecule has 0 radical (unpaired) electrons. The van der Waals surface area contributed by atoms with Crippen molar-refractivity contribution in [1.29, 1.82) is 0 Å². The van der Waals surface area contributed by atoms with Crippen LogP contribution in [0.5, 0.6) is 6.01 Å². The van der Waals surface area contributed by atoms with Gasteiger partial charge in [0, 0.05) is 25.4 Å². The van der Waals surface area contributed by atoms with E-state index in [0.29, 0.717) is 19.0 Å². The largest absolute Gasteiger partial charge is 0.458 e. The molecule has 1 unspecified atom stereocenters. The second-order valence-electron chi connectivity index (χ2n) is 5.57. The van der Waals surface area contributed by atoms with E-state index in [1.165, 1.54) is 5.56 Å². The van der Waals surface area contributed by atoms with Crippen LogP contribution in [0.2, 0.25) is 0 Å². The first-order chi connectivity index (χ1) is 10.7. The molecule has 22 heavy (non-hydrogen) atoms. The summed E-state index contributed by atoms with van der Waals surface area (Å²) in [6.45, 7) is 3.36. The van der Waals surface area contributed by atoms with E-state index in [1.807, 2.05) is 30.0 Å². The SMILES string of the molecule is Cc1cccc(CC(=O)N2CCC(Oc3ncccn3)C2)c1. The second-order valence-corrected chi connectivity index (χ2v) is 5.57. The molecule has 1 saturated heterocycles. The molecule has 1 amide bonds. The summed E-state index contributed by atoms with van der Waals surface area (Å²) >= 11 is 0. The zero-order valence-electron chi connectivity index (χ0n) is 12.6. The maximum Gasteiger partial charge on any atom is 0.316 e. The summed E-state index contributed by atoms with van der Waals surface area (Å²) in [6, 6.07) is 10.2. The van der Waals surface area contributed by atoms with E-state index in [0.717, 1.165) is 18.5 Å². The number of benzene rings is 1. The smallest absolute Gasteiger partial charge is 0.316 e. The number of nitrogens with zero attached hydrogens (tertiary/aromatic N) is 3. The molecule has 1 aliphatic heterocycles. The first-order valence-corrected chi connectivity index (χ1v) is 7.48. The maximum absolute atomic E-state index is 12.4. The Morgan fingerprint density at radius 3 is 2.91 bits per heavy atom. The van der Waals surface area contributed by atoms with E-state index in [-0.39, 0.29) is 12.0 Å². The molecule has 114 valence electrons. The van der Waals surface area contributed by atoms with E-state index in [9.17, 15) is 4.79 Å². The minimum Gasteiger partial charge on any atom is -0.458 e. The number of hydrogen-bond donors (Lipinski definition) is 0. The van der Waals surface area contributed by atoms with Crippen LogP contribution in [-0.2, 0) is 11.2 Å². The Bertz CT molecular complexity index is 645. The molecule has 1 atom stereocenters. The standard InChI is InChI=1S/C17H19N3O2/c1-13-4-2-5-14(10-13)11-16(21)20-9-6-15(12-20)22-17-18-7-3-8-19-17/h2-5,7-8,10,15H,6,9,11-12H2,1H3. The molecule has 0 aliphatic carbocycles. The predicted molar refractivity (Wildman–Crippen MR) is 82.5 cm³/mol. The zero-order valence-corrected chi connectivity index (χ0v) is 12.6. The van der Waals surface area contributed by atoms with Crippen molar-refractivity contribution < 1.29 is 9.53 Å². The summed E-state index contributed by atoms with van der Waals surface area (Å²) in [6.07, 6.45) is 4.54. The number of ether oxygens (including phenoxy) is 1. The lowest BCUT2D eigenvalue weighted by Crippen LogP contribution is -2.32. The number of hydrogen-bond acceptors (Lipinski definition) is 4. The molecule has 5 heteroatoms. The average Bonchev–Trinajstić information content (AvgIpc) is 2.97. The van der Waals surface area contributed by atoms with Gasteiger partial charge in [-0.2, -0.15) is 0 Å². The Morgan fingerprint density at radius 1 is 1.32 bits per heavy atom. The molecule has 1 aromatic carbocycles. The van der Waals surface area contributed by atoms with Gasteiger partial charge in [0.05, 0.1) is 13.0 Å². The van der Waals surface area contributed by atoms with Crippen LogP contribution >= 0.6 is 0 Å². The van der Waals surface area contributed by atoms with Gasteiger partial charge in [0.15, 0.2) is 0 Å². The van der Waals surface area contributed by atoms with Crippen LogP contribution < -0.4 is 4.74 Å². The quantitative estimate of drug-likeness (QED) is 0.866. The van der Waals surface area contributed by atoms with E-state index in [2.05, 4.69) is 16.0 Å². The lowest BCUT2D eigenvalue weighted by molar-refractivity contribution is -0.129. The summed E-state index contributed by atoms with van der Waals surface area (Å²) in [5.41, 5.74) is 2.23. The van der Waals surface area contributed by atoms with Crippen molar-refractivity contribution in [2.75, 3.05) is 13.1 Å². The van der Waals surface area contributed by atoms with Gasteiger partial charge in [-0.3, -0.25) is 4.79 Å². The molecule has 1 fully saturated rings. The monoisotopic (exact) mass is 297 g/mol. The predicted octanol–water partition coefficient (Wildman–Crippen LogP) is 2.01. The molecule has 5 nitrogen and oxygen atoms in total. The first-order valence-electron chi connectivity index (χ1n) is 7.48. The molecule has 0 N–H and O–H groups in total. The fraction of sp³-hybridized carbons (Fsp3) is 0.353. The number of carbonyl (C=O) groups excluding carboxylic acids is 1. The van der Waals surface area contributed by atoms with Crippen LogP contribution in [0.3, 0.4) is 0 Å². The Morgan fingerprint density at radius 2 is 2.14 bits per heavy atom. The molecule has 0 spiro atoms. The summed E-state index contributed by atoms with van der Waals surface area (Å²) in [5, 5.41) is 0. The van der Waals surface area contributed by atoms with Gasteiger partial charge >= 0.3 is 6.01 Å². The lowest BCUT2D eigenvalue weighted by atomic mass is 10.1. The minimum absolute atomic E-state index is 0.0242. The zero-order chi connectivity index (χ0) is 15.4. The molecule has 2 heterocycles. The van der Waals surface area contributed by atoms with Gasteiger partial charge in [0.25, 0.3) is 0 Å². The van der Waals surface area contributed by atoms with Crippen molar-refractivity contribution in [3.8, 4) is 6.01 Å². The Kier molecular flexibility index (Phi) is 4.32. The van der Waals surface area contributed by atoms with Crippen LogP contribution in [0.4, 0.5) is 0 Å². The summed E-state index contributed by atoms with van der Waals surface area (Å²) < 4.78 is 5.71. The Hall–Kier alpha value is -2.43. The van der Waals surface area contributed by atoms with Crippen molar-refractivity contribution in [2.24, 2.45) is 0 Å². The van der Waals surface area contributed by atoms with E-state index in [4.69, 9.17) is 4.74 Å². The molecule has 1 aromatic heterocycles. The van der Waals surface area contributed by atoms with Crippen LogP contribution in [-0.4, -0.2) is 40.0 Å². The van der Waals surface area contributed by atoms with Gasteiger partial charge in [0.2, 0.25) is 5.91 Å². The number of aryl methyl sites for hydroxylation is 1. The molecule has 0 bridgehead atoms. The molecule has 2 aromatic rings. The lowest BCUT2D eigenvalue weighted by Gasteiger charge is -2.16. The highest BCUT2D eigenvalue weighted by Crippen LogP contribution is 2.16. The molecular weight excluding hydrogens is 278 g/mol. The fourth-order valence-corrected chi connectivity index (χ4v) is 2.65. The van der Waals surface area contributed by atoms with Gasteiger partial charge in [-0.25, -0.2) is 9.97 Å².